The lowest BCUT2D eigenvalue weighted by atomic mass is 9.93. The van der Waals surface area contributed by atoms with Crippen LogP contribution < -0.4 is 5.32 Å². The molecule has 2 heterocycles. The van der Waals surface area contributed by atoms with E-state index in [0.717, 1.165) is 40.4 Å². The van der Waals surface area contributed by atoms with Crippen LogP contribution in [-0.4, -0.2) is 40.8 Å². The van der Waals surface area contributed by atoms with Crippen LogP contribution in [0.1, 0.15) is 60.5 Å². The molecule has 5 nitrogen and oxygen atoms in total. The van der Waals surface area contributed by atoms with Gasteiger partial charge in [-0.25, -0.2) is 4.98 Å². The summed E-state index contributed by atoms with van der Waals surface area (Å²) in [6, 6.07) is 8.46. The first kappa shape index (κ1) is 21.5. The molecule has 2 aromatic rings. The molecule has 3 rings (SSSR count). The third-order valence-electron chi connectivity index (χ3n) is 5.68. The SMILES string of the molecule is CCC(C)NC(=O)CC1CCN(C(=O)c2sc(-c3ccc(C)cc3)nc2C)CC1. The van der Waals surface area contributed by atoms with Crippen molar-refractivity contribution >= 4 is 23.2 Å². The quantitative estimate of drug-likeness (QED) is 0.754. The van der Waals surface area contributed by atoms with Crippen molar-refractivity contribution in [3.8, 4) is 10.6 Å². The van der Waals surface area contributed by atoms with Crippen LogP contribution in [0, 0.1) is 19.8 Å². The third kappa shape index (κ3) is 5.44. The smallest absolute Gasteiger partial charge is 0.265 e. The van der Waals surface area contributed by atoms with Gasteiger partial charge in [-0.3, -0.25) is 9.59 Å². The number of hydrogen-bond donors (Lipinski definition) is 1. The molecule has 0 saturated carbocycles. The highest BCUT2D eigenvalue weighted by molar-refractivity contribution is 7.17. The van der Waals surface area contributed by atoms with Crippen LogP contribution in [0.4, 0.5) is 0 Å². The minimum absolute atomic E-state index is 0.0702. The normalized spacial score (nSPS) is 15.9. The Bertz CT molecular complexity index is 852. The molecule has 0 spiro atoms. The molecule has 156 valence electrons. The zero-order valence-electron chi connectivity index (χ0n) is 17.8. The maximum atomic E-state index is 13.0. The van der Waals surface area contributed by atoms with Crippen LogP contribution in [0.2, 0.25) is 0 Å². The summed E-state index contributed by atoms with van der Waals surface area (Å²) >= 11 is 1.47. The molecule has 1 aromatic carbocycles. The number of carbonyl (C=O) groups excluding carboxylic acids is 2. The monoisotopic (exact) mass is 413 g/mol. The summed E-state index contributed by atoms with van der Waals surface area (Å²) in [5, 5.41) is 3.93. The Morgan fingerprint density at radius 1 is 1.21 bits per heavy atom. The topological polar surface area (TPSA) is 62.3 Å². The number of nitrogens with zero attached hydrogens (tertiary/aromatic N) is 2. The molecule has 1 aliphatic heterocycles. The van der Waals surface area contributed by atoms with E-state index in [-0.39, 0.29) is 17.9 Å². The average molecular weight is 414 g/mol. The lowest BCUT2D eigenvalue weighted by molar-refractivity contribution is -0.122. The summed E-state index contributed by atoms with van der Waals surface area (Å²) in [4.78, 5) is 32.5. The van der Waals surface area contributed by atoms with E-state index in [1.54, 1.807) is 0 Å². The van der Waals surface area contributed by atoms with Gasteiger partial charge in [0.2, 0.25) is 5.91 Å². The number of hydrogen-bond acceptors (Lipinski definition) is 4. The molecule has 6 heteroatoms. The first-order valence-electron chi connectivity index (χ1n) is 10.5. The number of piperidine rings is 1. The maximum absolute atomic E-state index is 13.0. The number of benzene rings is 1. The molecule has 1 saturated heterocycles. The molecule has 0 aliphatic carbocycles. The number of likely N-dealkylation sites (tertiary alicyclic amines) is 1. The minimum Gasteiger partial charge on any atom is -0.354 e. The predicted molar refractivity (Wildman–Crippen MR) is 118 cm³/mol. The van der Waals surface area contributed by atoms with Gasteiger partial charge >= 0.3 is 0 Å². The maximum Gasteiger partial charge on any atom is 0.265 e. The molecule has 0 radical (unpaired) electrons. The third-order valence-corrected chi connectivity index (χ3v) is 6.88. The fourth-order valence-corrected chi connectivity index (χ4v) is 4.64. The zero-order chi connectivity index (χ0) is 21.0. The Morgan fingerprint density at radius 3 is 2.48 bits per heavy atom. The summed E-state index contributed by atoms with van der Waals surface area (Å²) in [6.45, 7) is 9.48. The Kier molecular flexibility index (Phi) is 7.06. The highest BCUT2D eigenvalue weighted by Gasteiger charge is 2.27. The molecule has 0 bridgehead atoms. The number of aryl methyl sites for hydroxylation is 2. The molecule has 1 aromatic heterocycles. The van der Waals surface area contributed by atoms with Gasteiger partial charge in [0.1, 0.15) is 9.88 Å². The highest BCUT2D eigenvalue weighted by Crippen LogP contribution is 2.30. The van der Waals surface area contributed by atoms with Crippen LogP contribution in [0.5, 0.6) is 0 Å². The number of thiazole rings is 1. The van der Waals surface area contributed by atoms with Crippen molar-refractivity contribution in [3.05, 3.63) is 40.4 Å². The molecule has 1 N–H and O–H groups in total. The van der Waals surface area contributed by atoms with Gasteiger partial charge in [0.15, 0.2) is 0 Å². The van der Waals surface area contributed by atoms with E-state index in [0.29, 0.717) is 25.4 Å². The van der Waals surface area contributed by atoms with Gasteiger partial charge in [0.05, 0.1) is 5.69 Å². The van der Waals surface area contributed by atoms with Crippen LogP contribution in [0.3, 0.4) is 0 Å². The number of amides is 2. The Labute approximate surface area is 177 Å². The second kappa shape index (κ2) is 9.53. The standard InChI is InChI=1S/C23H31N3O2S/c1-5-16(3)24-20(27)14-18-10-12-26(13-11-18)23(28)21-17(4)25-22(29-21)19-8-6-15(2)7-9-19/h6-9,16,18H,5,10-14H2,1-4H3,(H,24,27). The van der Waals surface area contributed by atoms with Crippen molar-refractivity contribution in [2.24, 2.45) is 5.92 Å². The highest BCUT2D eigenvalue weighted by atomic mass is 32.1. The largest absolute Gasteiger partial charge is 0.354 e. The van der Waals surface area contributed by atoms with Gasteiger partial charge in [0.25, 0.3) is 5.91 Å². The van der Waals surface area contributed by atoms with Crippen LogP contribution in [0.15, 0.2) is 24.3 Å². The molecule has 29 heavy (non-hydrogen) atoms. The number of carbonyl (C=O) groups is 2. The minimum atomic E-state index is 0.0702. The van der Waals surface area contributed by atoms with Crippen LogP contribution in [-0.2, 0) is 4.79 Å². The van der Waals surface area contributed by atoms with Crippen LogP contribution in [0.25, 0.3) is 10.6 Å². The van der Waals surface area contributed by atoms with E-state index in [4.69, 9.17) is 0 Å². The van der Waals surface area contributed by atoms with E-state index in [1.807, 2.05) is 18.7 Å². The second-order valence-electron chi connectivity index (χ2n) is 8.12. The van der Waals surface area contributed by atoms with Gasteiger partial charge in [-0.2, -0.15) is 0 Å². The van der Waals surface area contributed by atoms with E-state index >= 15 is 0 Å². The Balaban J connectivity index is 1.58. The summed E-state index contributed by atoms with van der Waals surface area (Å²) in [5.74, 6) is 0.555. The van der Waals surface area contributed by atoms with E-state index in [2.05, 4.69) is 48.4 Å². The molecule has 1 fully saturated rings. The van der Waals surface area contributed by atoms with Gasteiger partial charge in [-0.15, -0.1) is 11.3 Å². The second-order valence-corrected chi connectivity index (χ2v) is 9.12. The molecule has 1 atom stereocenters. The Morgan fingerprint density at radius 2 is 1.86 bits per heavy atom. The van der Waals surface area contributed by atoms with E-state index < -0.39 is 0 Å². The Hall–Kier alpha value is -2.21. The lowest BCUT2D eigenvalue weighted by Gasteiger charge is -2.31. The van der Waals surface area contributed by atoms with Crippen LogP contribution >= 0.6 is 11.3 Å². The first-order chi connectivity index (χ1) is 13.9. The summed E-state index contributed by atoms with van der Waals surface area (Å²) < 4.78 is 0. The average Bonchev–Trinajstić information content (AvgIpc) is 3.10. The molecular weight excluding hydrogens is 382 g/mol. The van der Waals surface area contributed by atoms with Crippen molar-refractivity contribution < 1.29 is 9.59 Å². The van der Waals surface area contributed by atoms with Gasteiger partial charge in [-0.05, 0) is 46.0 Å². The summed E-state index contributed by atoms with van der Waals surface area (Å²) in [5.41, 5.74) is 3.05. The van der Waals surface area contributed by atoms with Gasteiger partial charge in [0, 0.05) is 31.1 Å². The fraction of sp³-hybridized carbons (Fsp3) is 0.522. The summed E-state index contributed by atoms with van der Waals surface area (Å²) in [7, 11) is 0. The van der Waals surface area contributed by atoms with Crippen molar-refractivity contribution in [1.82, 2.24) is 15.2 Å². The van der Waals surface area contributed by atoms with E-state index in [1.165, 1.54) is 16.9 Å². The lowest BCUT2D eigenvalue weighted by Crippen LogP contribution is -2.40. The molecule has 2 amide bonds. The fourth-order valence-electron chi connectivity index (χ4n) is 3.60. The molecular formula is C23H31N3O2S. The van der Waals surface area contributed by atoms with Crippen molar-refractivity contribution in [1.29, 1.82) is 0 Å². The van der Waals surface area contributed by atoms with Crippen molar-refractivity contribution in [3.63, 3.8) is 0 Å². The summed E-state index contributed by atoms with van der Waals surface area (Å²) in [6.07, 6.45) is 3.26. The number of rotatable bonds is 6. The predicted octanol–water partition coefficient (Wildman–Crippen LogP) is 4.58. The van der Waals surface area contributed by atoms with Crippen molar-refractivity contribution in [2.45, 2.75) is 59.4 Å². The molecule has 1 aliphatic rings. The molecule has 1 unspecified atom stereocenters. The first-order valence-corrected chi connectivity index (χ1v) is 11.3. The van der Waals surface area contributed by atoms with E-state index in [9.17, 15) is 9.59 Å². The zero-order valence-corrected chi connectivity index (χ0v) is 18.6. The van der Waals surface area contributed by atoms with Crippen molar-refractivity contribution in [2.75, 3.05) is 13.1 Å². The van der Waals surface area contributed by atoms with Gasteiger partial charge in [-0.1, -0.05) is 36.8 Å². The number of nitrogens with one attached hydrogen (secondary N) is 1. The number of aromatic nitrogens is 1. The van der Waals surface area contributed by atoms with Gasteiger partial charge < -0.3 is 10.2 Å².